The predicted octanol–water partition coefficient (Wildman–Crippen LogP) is 8.53. The highest BCUT2D eigenvalue weighted by molar-refractivity contribution is 6.29. The molecule has 22 heteroatoms. The zero-order valence-electron chi connectivity index (χ0n) is 32.3. The molecular weight excluding hydrogens is 846 g/mol. The van der Waals surface area contributed by atoms with Gasteiger partial charge in [-0.25, -0.2) is 61.1 Å². The molecule has 1 aliphatic rings. The van der Waals surface area contributed by atoms with E-state index in [0.717, 1.165) is 30.5 Å². The summed E-state index contributed by atoms with van der Waals surface area (Å²) in [6.45, 7) is 21.1. The van der Waals surface area contributed by atoms with Crippen LogP contribution < -0.4 is 5.73 Å². The van der Waals surface area contributed by atoms with E-state index in [1.807, 2.05) is 0 Å². The quantitative estimate of drug-likeness (QED) is 0.0670. The van der Waals surface area contributed by atoms with E-state index in [1.165, 1.54) is 51.2 Å². The van der Waals surface area contributed by atoms with Crippen molar-refractivity contribution in [2.75, 3.05) is 6.54 Å². The number of rotatable bonds is 8. The first-order valence-corrected chi connectivity index (χ1v) is 18.0. The van der Waals surface area contributed by atoms with Crippen LogP contribution in [0.25, 0.3) is 32.0 Å². The lowest BCUT2D eigenvalue weighted by atomic mass is 10.3. The van der Waals surface area contributed by atoms with Crippen LogP contribution in [0.2, 0.25) is 5.15 Å². The summed E-state index contributed by atoms with van der Waals surface area (Å²) in [6, 6.07) is 13.1. The molecule has 7 aromatic rings. The summed E-state index contributed by atoms with van der Waals surface area (Å²) in [7, 11) is 0. The van der Waals surface area contributed by atoms with Gasteiger partial charge in [0, 0.05) is 61.7 Å². The Labute approximate surface area is 361 Å². The lowest BCUT2D eigenvalue weighted by Gasteiger charge is -2.01. The largest absolute Gasteiger partial charge is 0.326 e. The third-order valence-corrected chi connectivity index (χ3v) is 7.79. The third kappa shape index (κ3) is 14.9. The number of alkyl halides is 4. The summed E-state index contributed by atoms with van der Waals surface area (Å²) in [5.41, 5.74) is 8.59. The average Bonchev–Trinajstić information content (AvgIpc) is 4.19. The molecule has 7 aromatic heterocycles. The van der Waals surface area contributed by atoms with Crippen molar-refractivity contribution in [3.63, 3.8) is 0 Å². The fourth-order valence-corrected chi connectivity index (χ4v) is 4.50. The van der Waals surface area contributed by atoms with E-state index in [1.54, 1.807) is 73.2 Å². The van der Waals surface area contributed by atoms with Gasteiger partial charge in [0.2, 0.25) is 17.1 Å². The maximum absolute atomic E-state index is 12.3. The molecule has 0 saturated carbocycles. The van der Waals surface area contributed by atoms with Crippen LogP contribution in [0.3, 0.4) is 0 Å². The molecule has 0 unspecified atom stereocenters. The van der Waals surface area contributed by atoms with E-state index in [4.69, 9.17) is 37.1 Å². The van der Waals surface area contributed by atoms with Crippen LogP contribution in [0.5, 0.6) is 0 Å². The third-order valence-electron chi connectivity index (χ3n) is 7.57. The summed E-state index contributed by atoms with van der Waals surface area (Å²) in [4.78, 5) is 49.4. The number of nitrogens with zero attached hydrogens (tertiary/aromatic N) is 14. The Bertz CT molecular complexity index is 2730. The van der Waals surface area contributed by atoms with Gasteiger partial charge in [0.15, 0.2) is 30.0 Å². The fraction of sp³-hybridized carbons (Fsp3) is 0.0976. The molecule has 0 atom stereocenters. The van der Waals surface area contributed by atoms with Gasteiger partial charge in [0.05, 0.1) is 61.5 Å². The number of pyridine rings is 4. The molecule has 8 rings (SSSR count). The lowest BCUT2D eigenvalue weighted by Crippen LogP contribution is -2.01. The van der Waals surface area contributed by atoms with Crippen molar-refractivity contribution in [2.45, 2.75) is 19.4 Å². The second-order valence-corrected chi connectivity index (χ2v) is 12.2. The summed E-state index contributed by atoms with van der Waals surface area (Å²) >= 11 is 5.45. The fourth-order valence-electron chi connectivity index (χ4n) is 4.39. The Morgan fingerprint density at radius 3 is 1.43 bits per heavy atom. The Kier molecular flexibility index (Phi) is 18.3. The highest BCUT2D eigenvalue weighted by atomic mass is 35.5. The first kappa shape index (κ1) is 47.1. The molecule has 0 radical (unpaired) electrons. The average molecular weight is 876 g/mol. The van der Waals surface area contributed by atoms with Gasteiger partial charge in [0.25, 0.3) is 12.9 Å². The van der Waals surface area contributed by atoms with Gasteiger partial charge in [0.1, 0.15) is 5.15 Å². The molecule has 316 valence electrons. The standard InChI is InChI=1S/C10H6F2N4.C10H10F2N4.C10H6N4O.C6H3ClN2.C5H5NO/c1-13-8-2-3-9(14-5-8)16-6-7(4-15-16)10(11)12;11-10(12)8-5-15-16(6-8)9-2-1-7(3-13)4-14-9;1-11-9-2-3-10(12-5-9)14-6-8(7-15)4-13-14;1-8-5-2-3-6(7)9-4-5;7-4-5-1-2-6-3-5/h2-6,10H;1-2,4-6,10H,3,13H2;2-7H;2-4H;1,3-4H,2H2. The Morgan fingerprint density at radius 2 is 1.11 bits per heavy atom. The number of carbonyl (C=O) groups is 2. The number of hydrogen-bond acceptors (Lipinski definition) is 11. The zero-order valence-corrected chi connectivity index (χ0v) is 33.1. The van der Waals surface area contributed by atoms with E-state index < -0.39 is 12.9 Å². The molecule has 8 heterocycles. The monoisotopic (exact) mass is 875 g/mol. The minimum Gasteiger partial charge on any atom is -0.326 e. The van der Waals surface area contributed by atoms with E-state index >= 15 is 0 Å². The van der Waals surface area contributed by atoms with Crippen molar-refractivity contribution in [1.82, 2.24) is 49.3 Å². The number of halogens is 5. The molecule has 1 aliphatic heterocycles. The molecule has 0 aromatic carbocycles. The summed E-state index contributed by atoms with van der Waals surface area (Å²) in [6.07, 6.45) is 13.4. The first-order chi connectivity index (χ1) is 30.5. The van der Waals surface area contributed by atoms with Gasteiger partial charge in [-0.05, 0) is 29.8 Å². The van der Waals surface area contributed by atoms with E-state index in [-0.39, 0.29) is 11.1 Å². The number of aromatic nitrogens is 10. The van der Waals surface area contributed by atoms with Crippen molar-refractivity contribution in [3.8, 4) is 17.5 Å². The van der Waals surface area contributed by atoms with Gasteiger partial charge in [-0.3, -0.25) is 19.6 Å². The molecular formula is C41H30ClF4N15O2. The zero-order chi connectivity index (χ0) is 45.6. The van der Waals surface area contributed by atoms with Gasteiger partial charge in [-0.1, -0.05) is 41.9 Å². The number of aliphatic imine (C=N–C) groups is 1. The first-order valence-electron chi connectivity index (χ1n) is 17.6. The molecule has 17 nitrogen and oxygen atoms in total. The van der Waals surface area contributed by atoms with Crippen molar-refractivity contribution in [2.24, 2.45) is 10.7 Å². The van der Waals surface area contributed by atoms with Crippen LogP contribution in [-0.4, -0.2) is 74.6 Å². The van der Waals surface area contributed by atoms with Crippen molar-refractivity contribution >= 4 is 47.5 Å². The van der Waals surface area contributed by atoms with Gasteiger partial charge >= 0.3 is 0 Å². The van der Waals surface area contributed by atoms with Crippen LogP contribution in [0.4, 0.5) is 34.6 Å². The molecule has 0 amide bonds. The number of hydrogen-bond donors (Lipinski definition) is 1. The normalized spacial score (nSPS) is 10.8. The molecule has 0 fully saturated rings. The number of nitrogens with two attached hydrogens (primary N) is 1. The maximum atomic E-state index is 12.3. The van der Waals surface area contributed by atoms with E-state index in [2.05, 4.69) is 54.8 Å². The number of aldehydes is 2. The highest BCUT2D eigenvalue weighted by Gasteiger charge is 2.12. The molecule has 0 aliphatic carbocycles. The summed E-state index contributed by atoms with van der Waals surface area (Å²) in [5.74, 6) is 1.47. The maximum Gasteiger partial charge on any atom is 0.266 e. The lowest BCUT2D eigenvalue weighted by molar-refractivity contribution is -0.104. The second kappa shape index (κ2) is 24.5. The van der Waals surface area contributed by atoms with Gasteiger partial charge < -0.3 is 5.73 Å². The van der Waals surface area contributed by atoms with Crippen LogP contribution >= 0.6 is 11.6 Å². The predicted molar refractivity (Wildman–Crippen MR) is 223 cm³/mol. The number of allylic oxidation sites excluding steroid dienone is 1. The molecule has 2 N–H and O–H groups in total. The van der Waals surface area contributed by atoms with Crippen LogP contribution in [0.1, 0.15) is 39.9 Å². The van der Waals surface area contributed by atoms with Crippen molar-refractivity contribution in [1.29, 1.82) is 0 Å². The summed E-state index contributed by atoms with van der Waals surface area (Å²) < 4.78 is 53.3. The second-order valence-electron chi connectivity index (χ2n) is 11.8. The Balaban J connectivity index is 0.000000178. The Morgan fingerprint density at radius 1 is 0.635 bits per heavy atom. The van der Waals surface area contributed by atoms with Crippen LogP contribution in [-0.2, 0) is 11.3 Å². The minimum absolute atomic E-state index is 0.121. The Hall–Kier alpha value is -8.58. The molecule has 0 spiro atoms. The minimum atomic E-state index is -2.55. The van der Waals surface area contributed by atoms with Gasteiger partial charge in [-0.2, -0.15) is 15.3 Å². The smallest absolute Gasteiger partial charge is 0.266 e. The van der Waals surface area contributed by atoms with Crippen LogP contribution in [0, 0.1) is 19.7 Å². The van der Waals surface area contributed by atoms with Gasteiger partial charge in [-0.15, -0.1) is 0 Å². The molecule has 63 heavy (non-hydrogen) atoms. The SMILES string of the molecule is NCc1ccc(-n2cc(C(F)F)cn2)nc1.O=CC1=CCN=C1.[C-]#[N+]c1ccc(-n2cc(C(F)F)cn2)nc1.[C-]#[N+]c1ccc(-n2cc(C=O)cn2)nc1.[C-]#[N+]c1ccc(Cl)nc1. The van der Waals surface area contributed by atoms with E-state index in [9.17, 15) is 27.2 Å². The van der Waals surface area contributed by atoms with Crippen molar-refractivity contribution in [3.05, 3.63) is 184 Å². The number of carbonyl (C=O) groups excluding carboxylic acids is 2. The summed E-state index contributed by atoms with van der Waals surface area (Å²) in [5, 5.41) is 11.9. The highest BCUT2D eigenvalue weighted by Crippen LogP contribution is 2.20. The topological polar surface area (TPSA) is 191 Å². The molecule has 0 saturated heterocycles. The molecule has 0 bridgehead atoms. The van der Waals surface area contributed by atoms with Crippen LogP contribution in [0.15, 0.2) is 127 Å². The van der Waals surface area contributed by atoms with E-state index in [0.29, 0.717) is 63.9 Å². The van der Waals surface area contributed by atoms with Crippen molar-refractivity contribution < 1.29 is 27.2 Å².